The van der Waals surface area contributed by atoms with Gasteiger partial charge in [0.05, 0.1) is 16.4 Å². The number of rotatable bonds is 5. The number of aryl methyl sites for hydroxylation is 1. The number of para-hydroxylation sites is 1. The van der Waals surface area contributed by atoms with Crippen LogP contribution in [0.25, 0.3) is 11.0 Å². The molecular formula is C16H23ClN2. The summed E-state index contributed by atoms with van der Waals surface area (Å²) < 4.78 is 2.33. The molecule has 0 N–H and O–H groups in total. The maximum atomic E-state index is 6.33. The van der Waals surface area contributed by atoms with Gasteiger partial charge in [0.2, 0.25) is 0 Å². The molecule has 3 heteroatoms. The van der Waals surface area contributed by atoms with Crippen molar-refractivity contribution in [3.05, 3.63) is 29.6 Å². The second-order valence-electron chi connectivity index (χ2n) is 5.39. The SMILES string of the molecule is CCCCC(C)n1c(C(C)Cl)nc2c(C)cccc21. The minimum atomic E-state index is -0.0594. The zero-order valence-electron chi connectivity index (χ0n) is 12.3. The van der Waals surface area contributed by atoms with Crippen LogP contribution in [0, 0.1) is 6.92 Å². The Hall–Kier alpha value is -1.02. The summed E-state index contributed by atoms with van der Waals surface area (Å²) in [6.07, 6.45) is 3.64. The van der Waals surface area contributed by atoms with E-state index in [1.807, 2.05) is 6.92 Å². The lowest BCUT2D eigenvalue weighted by Crippen LogP contribution is -2.10. The highest BCUT2D eigenvalue weighted by atomic mass is 35.5. The normalized spacial score (nSPS) is 14.8. The van der Waals surface area contributed by atoms with E-state index in [9.17, 15) is 0 Å². The molecule has 1 aromatic carbocycles. The second kappa shape index (κ2) is 5.96. The van der Waals surface area contributed by atoms with Gasteiger partial charge in [-0.05, 0) is 38.8 Å². The summed E-state index contributed by atoms with van der Waals surface area (Å²) >= 11 is 6.33. The van der Waals surface area contributed by atoms with Crippen LogP contribution in [0.3, 0.4) is 0 Å². The number of hydrogen-bond acceptors (Lipinski definition) is 1. The number of fused-ring (bicyclic) bond motifs is 1. The minimum Gasteiger partial charge on any atom is -0.324 e. The van der Waals surface area contributed by atoms with Crippen molar-refractivity contribution in [1.82, 2.24) is 9.55 Å². The van der Waals surface area contributed by atoms with Gasteiger partial charge in [0.25, 0.3) is 0 Å². The molecule has 1 heterocycles. The highest BCUT2D eigenvalue weighted by Crippen LogP contribution is 2.31. The number of alkyl halides is 1. The van der Waals surface area contributed by atoms with Crippen LogP contribution in [-0.2, 0) is 0 Å². The van der Waals surface area contributed by atoms with Crippen LogP contribution in [0.4, 0.5) is 0 Å². The molecule has 1 aromatic heterocycles. The zero-order valence-corrected chi connectivity index (χ0v) is 13.0. The van der Waals surface area contributed by atoms with Crippen molar-refractivity contribution in [3.8, 4) is 0 Å². The Kier molecular flexibility index (Phi) is 4.51. The summed E-state index contributed by atoms with van der Waals surface area (Å²) in [6, 6.07) is 6.81. The molecule has 0 fully saturated rings. The van der Waals surface area contributed by atoms with E-state index in [1.54, 1.807) is 0 Å². The highest BCUT2D eigenvalue weighted by Gasteiger charge is 2.19. The number of halogens is 1. The molecule has 0 saturated heterocycles. The molecular weight excluding hydrogens is 256 g/mol. The van der Waals surface area contributed by atoms with E-state index >= 15 is 0 Å². The van der Waals surface area contributed by atoms with Gasteiger partial charge in [-0.2, -0.15) is 0 Å². The lowest BCUT2D eigenvalue weighted by molar-refractivity contribution is 0.480. The van der Waals surface area contributed by atoms with E-state index in [0.717, 1.165) is 11.3 Å². The third kappa shape index (κ3) is 2.79. The standard InChI is InChI=1S/C16H23ClN2/c1-5-6-9-12(3)19-14-10-7-8-11(2)15(14)18-16(19)13(4)17/h7-8,10,12-13H,5-6,9H2,1-4H3. The zero-order chi connectivity index (χ0) is 14.0. The molecule has 2 nitrogen and oxygen atoms in total. The van der Waals surface area contributed by atoms with Crippen molar-refractivity contribution in [3.63, 3.8) is 0 Å². The monoisotopic (exact) mass is 278 g/mol. The van der Waals surface area contributed by atoms with E-state index in [-0.39, 0.29) is 5.38 Å². The van der Waals surface area contributed by atoms with Crippen molar-refractivity contribution in [1.29, 1.82) is 0 Å². The minimum absolute atomic E-state index is 0.0594. The largest absolute Gasteiger partial charge is 0.324 e. The van der Waals surface area contributed by atoms with E-state index in [0.29, 0.717) is 6.04 Å². The van der Waals surface area contributed by atoms with Crippen LogP contribution in [0.1, 0.15) is 62.8 Å². The number of unbranched alkanes of at least 4 members (excludes halogenated alkanes) is 1. The molecule has 0 bridgehead atoms. The molecule has 2 aromatic rings. The van der Waals surface area contributed by atoms with E-state index in [2.05, 4.69) is 43.5 Å². The van der Waals surface area contributed by atoms with Gasteiger partial charge in [0.1, 0.15) is 5.82 Å². The van der Waals surface area contributed by atoms with Gasteiger partial charge in [-0.15, -0.1) is 11.6 Å². The maximum absolute atomic E-state index is 6.33. The third-order valence-electron chi connectivity index (χ3n) is 3.72. The highest BCUT2D eigenvalue weighted by molar-refractivity contribution is 6.20. The molecule has 0 radical (unpaired) electrons. The Bertz CT molecular complexity index is 557. The summed E-state index contributed by atoms with van der Waals surface area (Å²) in [4.78, 5) is 4.77. The lowest BCUT2D eigenvalue weighted by atomic mass is 10.1. The van der Waals surface area contributed by atoms with E-state index in [4.69, 9.17) is 16.6 Å². The van der Waals surface area contributed by atoms with Crippen LogP contribution < -0.4 is 0 Å². The van der Waals surface area contributed by atoms with E-state index in [1.165, 1.54) is 30.3 Å². The van der Waals surface area contributed by atoms with Gasteiger partial charge in [-0.25, -0.2) is 4.98 Å². The predicted octanol–water partition coefficient (Wildman–Crippen LogP) is 5.40. The molecule has 0 amide bonds. The fraction of sp³-hybridized carbons (Fsp3) is 0.562. The molecule has 0 aliphatic heterocycles. The van der Waals surface area contributed by atoms with E-state index < -0.39 is 0 Å². The maximum Gasteiger partial charge on any atom is 0.127 e. The summed E-state index contributed by atoms with van der Waals surface area (Å²) in [6.45, 7) is 8.61. The van der Waals surface area contributed by atoms with Crippen LogP contribution in [0.5, 0.6) is 0 Å². The van der Waals surface area contributed by atoms with Gasteiger partial charge < -0.3 is 4.57 Å². The number of aromatic nitrogens is 2. The van der Waals surface area contributed by atoms with Crippen LogP contribution >= 0.6 is 11.6 Å². The Labute approximate surface area is 120 Å². The van der Waals surface area contributed by atoms with Gasteiger partial charge in [-0.3, -0.25) is 0 Å². The molecule has 0 saturated carbocycles. The van der Waals surface area contributed by atoms with Gasteiger partial charge in [0, 0.05) is 6.04 Å². The summed E-state index contributed by atoms with van der Waals surface area (Å²) in [5.74, 6) is 0.995. The lowest BCUT2D eigenvalue weighted by Gasteiger charge is -2.18. The topological polar surface area (TPSA) is 17.8 Å². The molecule has 0 spiro atoms. The number of imidazole rings is 1. The molecule has 19 heavy (non-hydrogen) atoms. The van der Waals surface area contributed by atoms with Crippen LogP contribution in [-0.4, -0.2) is 9.55 Å². The quantitative estimate of drug-likeness (QED) is 0.670. The molecule has 2 rings (SSSR count). The number of hydrogen-bond donors (Lipinski definition) is 0. The molecule has 0 aliphatic carbocycles. The fourth-order valence-corrected chi connectivity index (χ4v) is 2.80. The van der Waals surface area contributed by atoms with Crippen molar-refractivity contribution in [2.75, 3.05) is 0 Å². The summed E-state index contributed by atoms with van der Waals surface area (Å²) in [7, 11) is 0. The molecule has 0 aliphatic rings. The summed E-state index contributed by atoms with van der Waals surface area (Å²) in [5.41, 5.74) is 3.52. The van der Waals surface area contributed by atoms with Crippen LogP contribution in [0.15, 0.2) is 18.2 Å². The Morgan fingerprint density at radius 2 is 2.05 bits per heavy atom. The van der Waals surface area contributed by atoms with Crippen molar-refractivity contribution >= 4 is 22.6 Å². The van der Waals surface area contributed by atoms with Crippen molar-refractivity contribution < 1.29 is 0 Å². The molecule has 2 atom stereocenters. The first-order chi connectivity index (χ1) is 9.06. The van der Waals surface area contributed by atoms with Gasteiger partial charge >= 0.3 is 0 Å². The first-order valence-corrected chi connectivity index (χ1v) is 7.61. The average molecular weight is 279 g/mol. The van der Waals surface area contributed by atoms with Crippen molar-refractivity contribution in [2.45, 2.75) is 58.4 Å². The predicted molar refractivity (Wildman–Crippen MR) is 83.0 cm³/mol. The number of benzene rings is 1. The third-order valence-corrected chi connectivity index (χ3v) is 3.92. The van der Waals surface area contributed by atoms with Gasteiger partial charge in [0.15, 0.2) is 0 Å². The summed E-state index contributed by atoms with van der Waals surface area (Å²) in [5, 5.41) is -0.0594. The average Bonchev–Trinajstić information content (AvgIpc) is 2.77. The molecule has 104 valence electrons. The fourth-order valence-electron chi connectivity index (χ4n) is 2.65. The first kappa shape index (κ1) is 14.4. The Morgan fingerprint density at radius 3 is 2.68 bits per heavy atom. The van der Waals surface area contributed by atoms with Crippen LogP contribution in [0.2, 0.25) is 0 Å². The van der Waals surface area contributed by atoms with Gasteiger partial charge in [-0.1, -0.05) is 31.9 Å². The van der Waals surface area contributed by atoms with Crippen molar-refractivity contribution in [2.24, 2.45) is 0 Å². The first-order valence-electron chi connectivity index (χ1n) is 7.17. The smallest absolute Gasteiger partial charge is 0.127 e. The number of nitrogens with zero attached hydrogens (tertiary/aromatic N) is 2. The second-order valence-corrected chi connectivity index (χ2v) is 6.04. The Morgan fingerprint density at radius 1 is 1.32 bits per heavy atom. The Balaban J connectivity index is 2.55. The molecule has 2 unspecified atom stereocenters.